The van der Waals surface area contributed by atoms with E-state index < -0.39 is 0 Å². The van der Waals surface area contributed by atoms with Gasteiger partial charge in [-0.25, -0.2) is 4.98 Å². The molecule has 2 aromatic rings. The number of rotatable bonds is 3. The standard InChI is InChI=1S/C11H12N4/c1-2-6-15-8-14-10(11(15)12)9-4-3-5-13-7-9/h2-5,7-8H,1,6,12H2. The first-order chi connectivity index (χ1) is 7.33. The van der Waals surface area contributed by atoms with Crippen LogP contribution in [0.3, 0.4) is 0 Å². The van der Waals surface area contributed by atoms with E-state index in [1.165, 1.54) is 0 Å². The van der Waals surface area contributed by atoms with E-state index in [-0.39, 0.29) is 0 Å². The Hall–Kier alpha value is -2.10. The summed E-state index contributed by atoms with van der Waals surface area (Å²) in [6.07, 6.45) is 6.96. The van der Waals surface area contributed by atoms with Crippen LogP contribution >= 0.6 is 0 Å². The lowest BCUT2D eigenvalue weighted by molar-refractivity contribution is 0.833. The zero-order valence-electron chi connectivity index (χ0n) is 8.30. The number of allylic oxidation sites excluding steroid dienone is 1. The van der Waals surface area contributed by atoms with Crippen molar-refractivity contribution < 1.29 is 0 Å². The monoisotopic (exact) mass is 200 g/mol. The van der Waals surface area contributed by atoms with Gasteiger partial charge in [-0.15, -0.1) is 6.58 Å². The lowest BCUT2D eigenvalue weighted by atomic mass is 10.2. The van der Waals surface area contributed by atoms with Gasteiger partial charge in [0.25, 0.3) is 0 Å². The molecule has 4 heteroatoms. The Bertz CT molecular complexity index is 459. The van der Waals surface area contributed by atoms with Gasteiger partial charge in [-0.05, 0) is 12.1 Å². The molecule has 0 spiro atoms. The number of imidazole rings is 1. The quantitative estimate of drug-likeness (QED) is 0.767. The average molecular weight is 200 g/mol. The van der Waals surface area contributed by atoms with Crippen molar-refractivity contribution in [1.29, 1.82) is 0 Å². The Morgan fingerprint density at radius 1 is 1.53 bits per heavy atom. The van der Waals surface area contributed by atoms with Crippen LogP contribution in [0.1, 0.15) is 0 Å². The van der Waals surface area contributed by atoms with Crippen molar-refractivity contribution in [3.63, 3.8) is 0 Å². The summed E-state index contributed by atoms with van der Waals surface area (Å²) in [5.41, 5.74) is 7.64. The van der Waals surface area contributed by atoms with Crippen LogP contribution in [0.15, 0.2) is 43.5 Å². The molecule has 15 heavy (non-hydrogen) atoms. The summed E-state index contributed by atoms with van der Waals surface area (Å²) in [4.78, 5) is 8.29. The van der Waals surface area contributed by atoms with Gasteiger partial charge in [0.2, 0.25) is 0 Å². The van der Waals surface area contributed by atoms with Crippen LogP contribution in [0.25, 0.3) is 11.3 Å². The average Bonchev–Trinajstić information content (AvgIpc) is 2.63. The maximum absolute atomic E-state index is 5.95. The minimum atomic E-state index is 0.642. The highest BCUT2D eigenvalue weighted by Gasteiger charge is 2.08. The van der Waals surface area contributed by atoms with Crippen molar-refractivity contribution in [3.8, 4) is 11.3 Å². The van der Waals surface area contributed by atoms with Gasteiger partial charge in [0.15, 0.2) is 0 Å². The molecule has 2 rings (SSSR count). The van der Waals surface area contributed by atoms with E-state index in [1.807, 2.05) is 16.7 Å². The predicted molar refractivity (Wildman–Crippen MR) is 60.1 cm³/mol. The molecule has 0 aliphatic carbocycles. The maximum atomic E-state index is 5.95. The van der Waals surface area contributed by atoms with Gasteiger partial charge in [0.05, 0.1) is 6.33 Å². The summed E-state index contributed by atoms with van der Waals surface area (Å²) in [6, 6.07) is 3.80. The summed E-state index contributed by atoms with van der Waals surface area (Å²) in [5.74, 6) is 0.642. The van der Waals surface area contributed by atoms with Crippen LogP contribution in [0.5, 0.6) is 0 Å². The summed E-state index contributed by atoms with van der Waals surface area (Å²) in [7, 11) is 0. The SMILES string of the molecule is C=CCn1cnc(-c2cccnc2)c1N. The van der Waals surface area contributed by atoms with Gasteiger partial charge in [-0.2, -0.15) is 0 Å². The van der Waals surface area contributed by atoms with Gasteiger partial charge < -0.3 is 10.3 Å². The summed E-state index contributed by atoms with van der Waals surface area (Å²) < 4.78 is 1.84. The zero-order chi connectivity index (χ0) is 10.7. The van der Waals surface area contributed by atoms with E-state index in [1.54, 1.807) is 24.8 Å². The van der Waals surface area contributed by atoms with Crippen molar-refractivity contribution in [3.05, 3.63) is 43.5 Å². The fourth-order valence-electron chi connectivity index (χ4n) is 1.40. The van der Waals surface area contributed by atoms with Crippen LogP contribution in [-0.4, -0.2) is 14.5 Å². The normalized spacial score (nSPS) is 10.1. The molecule has 0 aliphatic heterocycles. The molecule has 0 saturated carbocycles. The van der Waals surface area contributed by atoms with Crippen molar-refractivity contribution in [2.24, 2.45) is 0 Å². The van der Waals surface area contributed by atoms with Crippen LogP contribution in [-0.2, 0) is 6.54 Å². The Kier molecular flexibility index (Phi) is 2.49. The molecule has 0 radical (unpaired) electrons. The summed E-state index contributed by atoms with van der Waals surface area (Å²) in [5, 5.41) is 0. The Balaban J connectivity index is 2.42. The zero-order valence-corrected chi connectivity index (χ0v) is 8.30. The molecule has 0 aliphatic rings. The van der Waals surface area contributed by atoms with E-state index >= 15 is 0 Å². The second kappa shape index (κ2) is 3.96. The lowest BCUT2D eigenvalue weighted by Crippen LogP contribution is -2.00. The first-order valence-electron chi connectivity index (χ1n) is 4.65. The fourth-order valence-corrected chi connectivity index (χ4v) is 1.40. The second-order valence-electron chi connectivity index (χ2n) is 3.16. The minimum absolute atomic E-state index is 0.642. The molecule has 2 N–H and O–H groups in total. The number of aromatic nitrogens is 3. The Morgan fingerprint density at radius 2 is 2.40 bits per heavy atom. The van der Waals surface area contributed by atoms with Gasteiger partial charge >= 0.3 is 0 Å². The molecule has 4 nitrogen and oxygen atoms in total. The molecular weight excluding hydrogens is 188 g/mol. The first-order valence-corrected chi connectivity index (χ1v) is 4.65. The molecular formula is C11H12N4. The Labute approximate surface area is 88.1 Å². The molecule has 76 valence electrons. The van der Waals surface area contributed by atoms with Crippen LogP contribution in [0, 0.1) is 0 Å². The number of anilines is 1. The van der Waals surface area contributed by atoms with Gasteiger partial charge in [0, 0.05) is 24.5 Å². The topological polar surface area (TPSA) is 56.7 Å². The van der Waals surface area contributed by atoms with Gasteiger partial charge in [-0.3, -0.25) is 4.98 Å². The molecule has 0 amide bonds. The number of pyridine rings is 1. The highest BCUT2D eigenvalue weighted by atomic mass is 15.1. The number of hydrogen-bond acceptors (Lipinski definition) is 3. The summed E-state index contributed by atoms with van der Waals surface area (Å²) in [6.45, 7) is 4.33. The van der Waals surface area contributed by atoms with E-state index in [0.717, 1.165) is 11.3 Å². The maximum Gasteiger partial charge on any atom is 0.131 e. The molecule has 0 saturated heterocycles. The predicted octanol–water partition coefficient (Wildman–Crippen LogP) is 1.71. The smallest absolute Gasteiger partial charge is 0.131 e. The van der Waals surface area contributed by atoms with E-state index in [0.29, 0.717) is 12.4 Å². The number of nitrogens with two attached hydrogens (primary N) is 1. The molecule has 0 unspecified atom stereocenters. The molecule has 0 aromatic carbocycles. The highest BCUT2D eigenvalue weighted by molar-refractivity contribution is 5.69. The van der Waals surface area contributed by atoms with Crippen LogP contribution < -0.4 is 5.73 Å². The van der Waals surface area contributed by atoms with Crippen LogP contribution in [0.4, 0.5) is 5.82 Å². The molecule has 0 atom stereocenters. The minimum Gasteiger partial charge on any atom is -0.383 e. The third-order valence-corrected chi connectivity index (χ3v) is 2.14. The van der Waals surface area contributed by atoms with Gasteiger partial charge in [-0.1, -0.05) is 6.08 Å². The molecule has 2 aromatic heterocycles. The third-order valence-electron chi connectivity index (χ3n) is 2.14. The van der Waals surface area contributed by atoms with Crippen molar-refractivity contribution in [2.45, 2.75) is 6.54 Å². The number of hydrogen-bond donors (Lipinski definition) is 1. The molecule has 2 heterocycles. The second-order valence-corrected chi connectivity index (χ2v) is 3.16. The van der Waals surface area contributed by atoms with Gasteiger partial charge in [0.1, 0.15) is 11.5 Å². The van der Waals surface area contributed by atoms with Crippen LogP contribution in [0.2, 0.25) is 0 Å². The molecule has 0 bridgehead atoms. The lowest BCUT2D eigenvalue weighted by Gasteiger charge is -2.01. The molecule has 0 fully saturated rings. The van der Waals surface area contributed by atoms with E-state index in [2.05, 4.69) is 16.5 Å². The number of nitrogen functional groups attached to an aromatic ring is 1. The first kappa shape index (κ1) is 9.45. The van der Waals surface area contributed by atoms with Crippen molar-refractivity contribution in [2.75, 3.05) is 5.73 Å². The fraction of sp³-hybridized carbons (Fsp3) is 0.0909. The van der Waals surface area contributed by atoms with Crippen molar-refractivity contribution in [1.82, 2.24) is 14.5 Å². The third kappa shape index (κ3) is 1.74. The Morgan fingerprint density at radius 3 is 3.07 bits per heavy atom. The largest absolute Gasteiger partial charge is 0.383 e. The van der Waals surface area contributed by atoms with E-state index in [9.17, 15) is 0 Å². The van der Waals surface area contributed by atoms with E-state index in [4.69, 9.17) is 5.73 Å². The van der Waals surface area contributed by atoms with Crippen molar-refractivity contribution >= 4 is 5.82 Å². The number of nitrogens with zero attached hydrogens (tertiary/aromatic N) is 3. The highest BCUT2D eigenvalue weighted by Crippen LogP contribution is 2.22. The summed E-state index contributed by atoms with van der Waals surface area (Å²) >= 11 is 0.